The fourth-order valence-corrected chi connectivity index (χ4v) is 2.35. The van der Waals surface area contributed by atoms with Crippen molar-refractivity contribution in [2.75, 3.05) is 13.1 Å². The number of benzene rings is 1. The van der Waals surface area contributed by atoms with Crippen LogP contribution < -0.4 is 0 Å². The van der Waals surface area contributed by atoms with Gasteiger partial charge in [-0.1, -0.05) is 12.8 Å². The number of phenols is 1. The molecule has 17 heavy (non-hydrogen) atoms. The zero-order valence-corrected chi connectivity index (χ0v) is 11.2. The minimum absolute atomic E-state index is 0.0229. The average Bonchev–Trinajstić information content (AvgIpc) is 2.60. The Balaban J connectivity index is 2.14. The molecule has 1 aliphatic heterocycles. The van der Waals surface area contributed by atoms with E-state index in [-0.39, 0.29) is 11.7 Å². The normalized spacial score (nSPS) is 16.6. The number of nitrogens with zero attached hydrogens (tertiary/aromatic N) is 1. The van der Waals surface area contributed by atoms with Gasteiger partial charge in [0, 0.05) is 18.7 Å². The van der Waals surface area contributed by atoms with E-state index in [0.717, 1.165) is 25.9 Å². The van der Waals surface area contributed by atoms with Crippen molar-refractivity contribution in [3.63, 3.8) is 0 Å². The van der Waals surface area contributed by atoms with Crippen LogP contribution in [-0.4, -0.2) is 29.0 Å². The molecule has 92 valence electrons. The van der Waals surface area contributed by atoms with E-state index in [1.807, 2.05) is 4.90 Å². The van der Waals surface area contributed by atoms with Gasteiger partial charge < -0.3 is 10.0 Å². The summed E-state index contributed by atoms with van der Waals surface area (Å²) in [7, 11) is 0. The zero-order valence-electron chi connectivity index (χ0n) is 9.66. The molecule has 1 aromatic rings. The molecule has 0 aliphatic carbocycles. The summed E-state index contributed by atoms with van der Waals surface area (Å²) >= 11 is 3.21. The number of halogens is 1. The lowest BCUT2D eigenvalue weighted by molar-refractivity contribution is 0.0761. The van der Waals surface area contributed by atoms with Gasteiger partial charge in [0.25, 0.3) is 5.91 Å². The topological polar surface area (TPSA) is 40.5 Å². The first-order valence-electron chi connectivity index (χ1n) is 5.96. The average molecular weight is 298 g/mol. The van der Waals surface area contributed by atoms with E-state index in [9.17, 15) is 9.90 Å². The Morgan fingerprint density at radius 1 is 1.18 bits per heavy atom. The largest absolute Gasteiger partial charge is 0.507 e. The summed E-state index contributed by atoms with van der Waals surface area (Å²) in [6.45, 7) is 1.66. The Labute approximate surface area is 110 Å². The van der Waals surface area contributed by atoms with Crippen molar-refractivity contribution in [1.82, 2.24) is 4.90 Å². The summed E-state index contributed by atoms with van der Waals surface area (Å²) in [4.78, 5) is 14.1. The summed E-state index contributed by atoms with van der Waals surface area (Å²) < 4.78 is 0.616. The monoisotopic (exact) mass is 297 g/mol. The highest BCUT2D eigenvalue weighted by atomic mass is 79.9. The molecule has 0 bridgehead atoms. The molecule has 1 aliphatic rings. The summed E-state index contributed by atoms with van der Waals surface area (Å²) in [5.41, 5.74) is 0.563. The number of amides is 1. The van der Waals surface area contributed by atoms with Crippen LogP contribution in [0.3, 0.4) is 0 Å². The van der Waals surface area contributed by atoms with Crippen LogP contribution in [0.5, 0.6) is 5.75 Å². The molecule has 0 atom stereocenters. The molecule has 4 heteroatoms. The molecular formula is C13H16BrNO2. The summed E-state index contributed by atoms with van der Waals surface area (Å²) in [5, 5.41) is 9.59. The second-order valence-corrected chi connectivity index (χ2v) is 5.23. The van der Waals surface area contributed by atoms with Crippen LogP contribution in [0.1, 0.15) is 36.0 Å². The van der Waals surface area contributed by atoms with Gasteiger partial charge in [-0.15, -0.1) is 0 Å². The third kappa shape index (κ3) is 3.00. The van der Waals surface area contributed by atoms with Crippen LogP contribution in [0.2, 0.25) is 0 Å². The number of hydrogen-bond donors (Lipinski definition) is 1. The number of phenolic OH excluding ortho intramolecular Hbond substituents is 1. The Kier molecular flexibility index (Phi) is 4.05. The molecule has 0 unspecified atom stereocenters. The van der Waals surface area contributed by atoms with E-state index in [1.165, 1.54) is 18.9 Å². The van der Waals surface area contributed by atoms with Crippen LogP contribution in [-0.2, 0) is 0 Å². The van der Waals surface area contributed by atoms with Gasteiger partial charge in [-0.3, -0.25) is 4.79 Å². The minimum atomic E-state index is 0.0229. The zero-order chi connectivity index (χ0) is 12.3. The lowest BCUT2D eigenvalue weighted by Crippen LogP contribution is -2.31. The SMILES string of the molecule is O=C(c1ccc(Br)c(O)c1)N1CCCCCC1. The predicted octanol–water partition coefficient (Wildman–Crippen LogP) is 3.17. The standard InChI is InChI=1S/C13H16BrNO2/c14-11-6-5-10(9-12(11)16)13(17)15-7-3-1-2-4-8-15/h5-6,9,16H,1-4,7-8H2. The summed E-state index contributed by atoms with van der Waals surface area (Å²) in [6, 6.07) is 4.98. The summed E-state index contributed by atoms with van der Waals surface area (Å²) in [5.74, 6) is 0.139. The minimum Gasteiger partial charge on any atom is -0.507 e. The van der Waals surface area contributed by atoms with Crippen molar-refractivity contribution in [3.05, 3.63) is 28.2 Å². The molecule has 0 radical (unpaired) electrons. The van der Waals surface area contributed by atoms with Crippen molar-refractivity contribution in [2.45, 2.75) is 25.7 Å². The van der Waals surface area contributed by atoms with Crippen molar-refractivity contribution < 1.29 is 9.90 Å². The van der Waals surface area contributed by atoms with Gasteiger partial charge in [0.05, 0.1) is 4.47 Å². The molecule has 1 saturated heterocycles. The maximum absolute atomic E-state index is 12.2. The molecule has 1 fully saturated rings. The van der Waals surface area contributed by atoms with Crippen molar-refractivity contribution in [3.8, 4) is 5.75 Å². The van der Waals surface area contributed by atoms with Gasteiger partial charge >= 0.3 is 0 Å². The van der Waals surface area contributed by atoms with Crippen LogP contribution in [0.15, 0.2) is 22.7 Å². The van der Waals surface area contributed by atoms with E-state index in [4.69, 9.17) is 0 Å². The number of rotatable bonds is 1. The third-order valence-electron chi connectivity index (χ3n) is 3.09. The molecule has 1 N–H and O–H groups in total. The number of carbonyl (C=O) groups is 1. The van der Waals surface area contributed by atoms with Crippen LogP contribution in [0.25, 0.3) is 0 Å². The molecule has 2 rings (SSSR count). The van der Waals surface area contributed by atoms with E-state index in [0.29, 0.717) is 10.0 Å². The van der Waals surface area contributed by atoms with Crippen LogP contribution in [0, 0.1) is 0 Å². The quantitative estimate of drug-likeness (QED) is 0.865. The Bertz CT molecular complexity index is 412. The number of aromatic hydroxyl groups is 1. The van der Waals surface area contributed by atoms with Crippen LogP contribution in [0.4, 0.5) is 0 Å². The Morgan fingerprint density at radius 2 is 1.82 bits per heavy atom. The third-order valence-corrected chi connectivity index (χ3v) is 3.76. The maximum atomic E-state index is 12.2. The second kappa shape index (κ2) is 5.54. The van der Waals surface area contributed by atoms with Gasteiger partial charge in [0.2, 0.25) is 0 Å². The molecule has 3 nitrogen and oxygen atoms in total. The molecular weight excluding hydrogens is 282 g/mol. The van der Waals surface area contributed by atoms with Gasteiger partial charge in [-0.25, -0.2) is 0 Å². The molecule has 0 spiro atoms. The number of hydrogen-bond acceptors (Lipinski definition) is 2. The number of carbonyl (C=O) groups excluding carboxylic acids is 1. The van der Waals surface area contributed by atoms with Gasteiger partial charge in [0.15, 0.2) is 0 Å². The molecule has 0 aromatic heterocycles. The lowest BCUT2D eigenvalue weighted by atomic mass is 10.2. The fraction of sp³-hybridized carbons (Fsp3) is 0.462. The van der Waals surface area contributed by atoms with E-state index < -0.39 is 0 Å². The van der Waals surface area contributed by atoms with Crippen molar-refractivity contribution in [2.24, 2.45) is 0 Å². The fourth-order valence-electron chi connectivity index (χ4n) is 2.10. The molecule has 1 aromatic carbocycles. The lowest BCUT2D eigenvalue weighted by Gasteiger charge is -2.20. The first-order chi connectivity index (χ1) is 8.18. The van der Waals surface area contributed by atoms with Gasteiger partial charge in [-0.05, 0) is 47.0 Å². The van der Waals surface area contributed by atoms with E-state index in [1.54, 1.807) is 12.1 Å². The highest BCUT2D eigenvalue weighted by molar-refractivity contribution is 9.10. The molecule has 1 heterocycles. The van der Waals surface area contributed by atoms with Crippen molar-refractivity contribution in [1.29, 1.82) is 0 Å². The first kappa shape index (κ1) is 12.4. The van der Waals surface area contributed by atoms with E-state index >= 15 is 0 Å². The number of likely N-dealkylation sites (tertiary alicyclic amines) is 1. The van der Waals surface area contributed by atoms with Gasteiger partial charge in [0.1, 0.15) is 5.75 Å². The predicted molar refractivity (Wildman–Crippen MR) is 70.2 cm³/mol. The Hall–Kier alpha value is -1.03. The first-order valence-corrected chi connectivity index (χ1v) is 6.75. The second-order valence-electron chi connectivity index (χ2n) is 4.37. The summed E-state index contributed by atoms with van der Waals surface area (Å²) in [6.07, 6.45) is 4.56. The van der Waals surface area contributed by atoms with Crippen LogP contribution >= 0.6 is 15.9 Å². The Morgan fingerprint density at radius 3 is 2.41 bits per heavy atom. The molecule has 1 amide bonds. The van der Waals surface area contributed by atoms with E-state index in [2.05, 4.69) is 15.9 Å². The smallest absolute Gasteiger partial charge is 0.253 e. The highest BCUT2D eigenvalue weighted by Gasteiger charge is 2.17. The van der Waals surface area contributed by atoms with Crippen molar-refractivity contribution >= 4 is 21.8 Å². The molecule has 0 saturated carbocycles. The van der Waals surface area contributed by atoms with Gasteiger partial charge in [-0.2, -0.15) is 0 Å². The maximum Gasteiger partial charge on any atom is 0.253 e. The highest BCUT2D eigenvalue weighted by Crippen LogP contribution is 2.25.